The van der Waals surface area contributed by atoms with Gasteiger partial charge in [0.1, 0.15) is 0 Å². The van der Waals surface area contributed by atoms with Crippen LogP contribution in [0.5, 0.6) is 0 Å². The molecule has 4 heteroatoms. The van der Waals surface area contributed by atoms with Gasteiger partial charge in [-0.1, -0.05) is 57.8 Å². The van der Waals surface area contributed by atoms with E-state index in [2.05, 4.69) is 0 Å². The smallest absolute Gasteiger partial charge is 0.330 e. The molecule has 0 spiro atoms. The Morgan fingerprint density at radius 2 is 1.35 bits per heavy atom. The third-order valence-corrected chi connectivity index (χ3v) is 4.50. The summed E-state index contributed by atoms with van der Waals surface area (Å²) in [5.74, 6) is -0.443. The molecule has 0 saturated heterocycles. The van der Waals surface area contributed by atoms with Gasteiger partial charge < -0.3 is 14.9 Å². The number of hydrogen-bond acceptors (Lipinski definition) is 4. The Morgan fingerprint density at radius 3 is 1.91 bits per heavy atom. The maximum Gasteiger partial charge on any atom is 0.330 e. The molecule has 0 saturated carbocycles. The van der Waals surface area contributed by atoms with E-state index in [1.54, 1.807) is 0 Å². The number of ether oxygens (including phenoxy) is 1. The average molecular weight is 326 g/mol. The van der Waals surface area contributed by atoms with E-state index in [0.717, 1.165) is 25.7 Å². The minimum atomic E-state index is -1.00. The van der Waals surface area contributed by atoms with Gasteiger partial charge >= 0.3 is 5.97 Å². The molecule has 0 bridgehead atoms. The van der Waals surface area contributed by atoms with E-state index in [9.17, 15) is 15.0 Å². The third-order valence-electron chi connectivity index (χ3n) is 4.50. The quantitative estimate of drug-likeness (QED) is 0.663. The zero-order valence-electron chi connectivity index (χ0n) is 14.6. The van der Waals surface area contributed by atoms with Crippen molar-refractivity contribution in [2.45, 2.75) is 102 Å². The van der Waals surface area contributed by atoms with Gasteiger partial charge in [0.2, 0.25) is 0 Å². The molecule has 0 amide bonds. The Balaban J connectivity index is 2.44. The summed E-state index contributed by atoms with van der Waals surface area (Å²) >= 11 is 0. The van der Waals surface area contributed by atoms with Crippen LogP contribution in [0.4, 0.5) is 0 Å². The van der Waals surface area contributed by atoms with Crippen LogP contribution in [0.15, 0.2) is 12.2 Å². The van der Waals surface area contributed by atoms with Gasteiger partial charge in [-0.3, -0.25) is 0 Å². The molecule has 1 aliphatic heterocycles. The molecule has 23 heavy (non-hydrogen) atoms. The lowest BCUT2D eigenvalue weighted by molar-refractivity contribution is -0.142. The van der Waals surface area contributed by atoms with Crippen molar-refractivity contribution in [2.75, 3.05) is 0 Å². The van der Waals surface area contributed by atoms with Crippen molar-refractivity contribution in [3.8, 4) is 0 Å². The number of hydrogen-bond donors (Lipinski definition) is 2. The van der Waals surface area contributed by atoms with Gasteiger partial charge in [-0.2, -0.15) is 0 Å². The van der Waals surface area contributed by atoms with Gasteiger partial charge in [-0.05, 0) is 32.3 Å². The van der Waals surface area contributed by atoms with E-state index in [0.29, 0.717) is 6.42 Å². The first-order chi connectivity index (χ1) is 11.1. The topological polar surface area (TPSA) is 66.8 Å². The first-order valence-corrected chi connectivity index (χ1v) is 9.34. The molecule has 134 valence electrons. The van der Waals surface area contributed by atoms with Crippen molar-refractivity contribution < 1.29 is 19.7 Å². The highest BCUT2D eigenvalue weighted by Crippen LogP contribution is 2.15. The van der Waals surface area contributed by atoms with Crippen molar-refractivity contribution in [1.82, 2.24) is 0 Å². The molecule has 0 fully saturated rings. The molecule has 0 radical (unpaired) electrons. The fraction of sp³-hybridized carbons (Fsp3) is 0.842. The van der Waals surface area contributed by atoms with Crippen LogP contribution < -0.4 is 0 Å². The summed E-state index contributed by atoms with van der Waals surface area (Å²) < 4.78 is 5.28. The summed E-state index contributed by atoms with van der Waals surface area (Å²) in [7, 11) is 0. The van der Waals surface area contributed by atoms with Gasteiger partial charge in [0.05, 0.1) is 18.3 Å². The molecule has 1 aliphatic rings. The fourth-order valence-electron chi connectivity index (χ4n) is 2.97. The summed E-state index contributed by atoms with van der Waals surface area (Å²) in [6.45, 7) is 1.90. The Kier molecular flexibility index (Phi) is 11.0. The maximum absolute atomic E-state index is 11.7. The molecular weight excluding hydrogens is 292 g/mol. The lowest BCUT2D eigenvalue weighted by Gasteiger charge is -2.14. The Bertz CT molecular complexity index is 340. The lowest BCUT2D eigenvalue weighted by Crippen LogP contribution is -2.24. The molecular formula is C19H34O4. The first kappa shape index (κ1) is 20.2. The number of cyclic esters (lactones) is 1. The zero-order valence-corrected chi connectivity index (χ0v) is 14.6. The van der Waals surface area contributed by atoms with Crippen LogP contribution in [0.3, 0.4) is 0 Å². The van der Waals surface area contributed by atoms with E-state index in [4.69, 9.17) is 4.74 Å². The SMILES string of the molecule is C[C@@H]1CCCCCCCCCCCC[C@@H](O)[C@H](O)/C=C/C(=O)O1. The summed E-state index contributed by atoms with van der Waals surface area (Å²) in [5.41, 5.74) is 0. The number of aliphatic hydroxyl groups excluding tert-OH is 2. The van der Waals surface area contributed by atoms with Crippen LogP contribution in [0.2, 0.25) is 0 Å². The maximum atomic E-state index is 11.7. The minimum absolute atomic E-state index is 0.101. The number of aliphatic hydroxyl groups is 2. The van der Waals surface area contributed by atoms with E-state index in [1.165, 1.54) is 57.1 Å². The molecule has 0 aromatic heterocycles. The predicted molar refractivity (Wildman–Crippen MR) is 92.1 cm³/mol. The molecule has 3 atom stereocenters. The lowest BCUT2D eigenvalue weighted by atomic mass is 10.0. The summed E-state index contributed by atoms with van der Waals surface area (Å²) in [5, 5.41) is 19.7. The number of esters is 1. The van der Waals surface area contributed by atoms with Crippen molar-refractivity contribution in [2.24, 2.45) is 0 Å². The molecule has 0 unspecified atom stereocenters. The van der Waals surface area contributed by atoms with E-state index in [1.807, 2.05) is 6.92 Å². The van der Waals surface area contributed by atoms with Gasteiger partial charge in [0.15, 0.2) is 0 Å². The standard InChI is InChI=1S/C19H34O4/c1-16-12-10-8-6-4-2-3-5-7-9-11-13-17(20)18(21)14-15-19(22)23-16/h14-18,20-21H,2-13H2,1H3/b15-14+/t16-,17-,18-/m1/s1. The monoisotopic (exact) mass is 326 g/mol. The molecule has 0 aliphatic carbocycles. The number of carbonyl (C=O) groups excluding carboxylic acids is 1. The number of carbonyl (C=O) groups is 1. The van der Waals surface area contributed by atoms with Crippen LogP contribution in [0, 0.1) is 0 Å². The van der Waals surface area contributed by atoms with E-state index >= 15 is 0 Å². The summed E-state index contributed by atoms with van der Waals surface area (Å²) in [4.78, 5) is 11.7. The highest BCUT2D eigenvalue weighted by Gasteiger charge is 2.14. The van der Waals surface area contributed by atoms with Gasteiger partial charge in [-0.15, -0.1) is 0 Å². The van der Waals surface area contributed by atoms with Gasteiger partial charge in [0.25, 0.3) is 0 Å². The first-order valence-electron chi connectivity index (χ1n) is 9.34. The largest absolute Gasteiger partial charge is 0.460 e. The second kappa shape index (κ2) is 12.5. The molecule has 1 heterocycles. The van der Waals surface area contributed by atoms with Crippen LogP contribution in [-0.2, 0) is 9.53 Å². The van der Waals surface area contributed by atoms with Gasteiger partial charge in [0, 0.05) is 6.08 Å². The number of rotatable bonds is 0. The Labute approximate surface area is 140 Å². The fourth-order valence-corrected chi connectivity index (χ4v) is 2.97. The molecule has 1 rings (SSSR count). The van der Waals surface area contributed by atoms with Crippen molar-refractivity contribution in [3.63, 3.8) is 0 Å². The third kappa shape index (κ3) is 10.5. The van der Waals surface area contributed by atoms with Crippen molar-refractivity contribution >= 4 is 5.97 Å². The van der Waals surface area contributed by atoms with Crippen LogP contribution >= 0.6 is 0 Å². The van der Waals surface area contributed by atoms with Crippen LogP contribution in [0.25, 0.3) is 0 Å². The summed E-state index contributed by atoms with van der Waals surface area (Å²) in [6.07, 6.45) is 14.0. The second-order valence-electron chi connectivity index (χ2n) is 6.78. The van der Waals surface area contributed by atoms with Gasteiger partial charge in [-0.25, -0.2) is 4.79 Å². The predicted octanol–water partition coefficient (Wildman–Crippen LogP) is 3.89. The van der Waals surface area contributed by atoms with Crippen molar-refractivity contribution in [1.29, 1.82) is 0 Å². The minimum Gasteiger partial charge on any atom is -0.460 e. The van der Waals surface area contributed by atoms with Crippen LogP contribution in [0.1, 0.15) is 84.0 Å². The van der Waals surface area contributed by atoms with E-state index < -0.39 is 18.2 Å². The van der Waals surface area contributed by atoms with Crippen molar-refractivity contribution in [3.05, 3.63) is 12.2 Å². The second-order valence-corrected chi connectivity index (χ2v) is 6.78. The highest BCUT2D eigenvalue weighted by molar-refractivity contribution is 5.82. The van der Waals surface area contributed by atoms with E-state index in [-0.39, 0.29) is 6.10 Å². The Morgan fingerprint density at radius 1 is 0.870 bits per heavy atom. The molecule has 0 aromatic rings. The average Bonchev–Trinajstić information content (AvgIpc) is 2.52. The summed E-state index contributed by atoms with van der Waals surface area (Å²) in [6, 6.07) is 0. The van der Waals surface area contributed by atoms with Crippen LogP contribution in [-0.4, -0.2) is 34.5 Å². The highest BCUT2D eigenvalue weighted by atomic mass is 16.5. The molecule has 4 nitrogen and oxygen atoms in total. The molecule has 0 aromatic carbocycles. The zero-order chi connectivity index (χ0) is 16.9. The molecule has 2 N–H and O–H groups in total. The Hall–Kier alpha value is -0.870. The normalized spacial score (nSPS) is 32.1.